The van der Waals surface area contributed by atoms with Crippen molar-refractivity contribution in [1.29, 1.82) is 0 Å². The molecule has 21 heavy (non-hydrogen) atoms. The lowest BCUT2D eigenvalue weighted by molar-refractivity contribution is -0.145. The molecule has 1 aliphatic heterocycles. The van der Waals surface area contributed by atoms with Gasteiger partial charge in [0.15, 0.2) is 0 Å². The zero-order chi connectivity index (χ0) is 15.8. The van der Waals surface area contributed by atoms with Crippen LogP contribution in [0.5, 0.6) is 0 Å². The first kappa shape index (κ1) is 17.5. The summed E-state index contributed by atoms with van der Waals surface area (Å²) < 4.78 is 0. The monoisotopic (exact) mass is 298 g/mol. The lowest BCUT2D eigenvalue weighted by Crippen LogP contribution is -2.43. The van der Waals surface area contributed by atoms with Gasteiger partial charge in [-0.1, -0.05) is 13.3 Å². The summed E-state index contributed by atoms with van der Waals surface area (Å²) in [6, 6.07) is -0.0809. The highest BCUT2D eigenvalue weighted by Crippen LogP contribution is 2.18. The van der Waals surface area contributed by atoms with E-state index < -0.39 is 5.97 Å². The Bertz CT molecular complexity index is 384. The second-order valence-corrected chi connectivity index (χ2v) is 5.61. The van der Waals surface area contributed by atoms with Crippen LogP contribution in [0, 0.1) is 0 Å². The van der Waals surface area contributed by atoms with Crippen LogP contribution in [0.25, 0.3) is 0 Å². The summed E-state index contributed by atoms with van der Waals surface area (Å²) in [5.74, 6) is -1.04. The summed E-state index contributed by atoms with van der Waals surface area (Å²) in [5.41, 5.74) is 0. The van der Waals surface area contributed by atoms with Crippen molar-refractivity contribution in [3.63, 3.8) is 0 Å². The van der Waals surface area contributed by atoms with Crippen molar-refractivity contribution in [3.05, 3.63) is 0 Å². The first-order chi connectivity index (χ1) is 9.95. The number of carbonyl (C=O) groups is 3. The van der Waals surface area contributed by atoms with Gasteiger partial charge in [0.1, 0.15) is 6.54 Å². The third kappa shape index (κ3) is 5.73. The molecule has 0 aromatic carbocycles. The Morgan fingerprint density at radius 3 is 2.52 bits per heavy atom. The Labute approximate surface area is 126 Å². The van der Waals surface area contributed by atoms with Gasteiger partial charge in [-0.25, -0.2) is 0 Å². The summed E-state index contributed by atoms with van der Waals surface area (Å²) >= 11 is 0. The minimum Gasteiger partial charge on any atom is -0.480 e. The molecule has 6 nitrogen and oxygen atoms in total. The zero-order valence-electron chi connectivity index (χ0n) is 13.0. The predicted octanol–water partition coefficient (Wildman–Crippen LogP) is 1.49. The van der Waals surface area contributed by atoms with Crippen LogP contribution < -0.4 is 0 Å². The summed E-state index contributed by atoms with van der Waals surface area (Å²) in [6.45, 7) is 4.51. The minimum atomic E-state index is -0.995. The number of aliphatic carboxylic acids is 1. The smallest absolute Gasteiger partial charge is 0.323 e. The zero-order valence-corrected chi connectivity index (χ0v) is 13.0. The summed E-state index contributed by atoms with van der Waals surface area (Å²) in [4.78, 5) is 37.8. The molecule has 1 rings (SSSR count). The van der Waals surface area contributed by atoms with Gasteiger partial charge < -0.3 is 14.9 Å². The van der Waals surface area contributed by atoms with E-state index in [0.717, 1.165) is 25.7 Å². The van der Waals surface area contributed by atoms with Crippen molar-refractivity contribution in [3.8, 4) is 0 Å². The molecule has 0 aliphatic carbocycles. The number of hydrogen-bond acceptors (Lipinski definition) is 3. The number of nitrogens with zero attached hydrogens (tertiary/aromatic N) is 2. The fraction of sp³-hybridized carbons (Fsp3) is 0.800. The molecule has 6 heteroatoms. The SMILES string of the molecule is CCCCC(=O)N1CCCC(N(CC(=O)O)C(C)=O)CC1. The van der Waals surface area contributed by atoms with Gasteiger partial charge in [0.25, 0.3) is 0 Å². The van der Waals surface area contributed by atoms with E-state index in [2.05, 4.69) is 6.92 Å². The first-order valence-corrected chi connectivity index (χ1v) is 7.72. The summed E-state index contributed by atoms with van der Waals surface area (Å²) in [5, 5.41) is 8.91. The second kappa shape index (κ2) is 8.64. The number of amides is 2. The van der Waals surface area contributed by atoms with Crippen molar-refractivity contribution in [1.82, 2.24) is 9.80 Å². The van der Waals surface area contributed by atoms with E-state index >= 15 is 0 Å². The number of unbranched alkanes of at least 4 members (excludes halogenated alkanes) is 1. The first-order valence-electron chi connectivity index (χ1n) is 7.72. The molecule has 0 spiro atoms. The Morgan fingerprint density at radius 1 is 1.24 bits per heavy atom. The average molecular weight is 298 g/mol. The average Bonchev–Trinajstić information content (AvgIpc) is 2.67. The fourth-order valence-corrected chi connectivity index (χ4v) is 2.77. The van der Waals surface area contributed by atoms with Crippen LogP contribution >= 0.6 is 0 Å². The van der Waals surface area contributed by atoms with Crippen LogP contribution in [0.4, 0.5) is 0 Å². The van der Waals surface area contributed by atoms with Crippen LogP contribution in [0.3, 0.4) is 0 Å². The normalized spacial score (nSPS) is 19.0. The Hall–Kier alpha value is -1.59. The van der Waals surface area contributed by atoms with Gasteiger partial charge in [-0.2, -0.15) is 0 Å². The van der Waals surface area contributed by atoms with Crippen molar-refractivity contribution in [2.75, 3.05) is 19.6 Å². The van der Waals surface area contributed by atoms with Crippen LogP contribution in [-0.4, -0.2) is 58.4 Å². The summed E-state index contributed by atoms with van der Waals surface area (Å²) in [6.07, 6.45) is 4.70. The van der Waals surface area contributed by atoms with Crippen molar-refractivity contribution in [2.24, 2.45) is 0 Å². The van der Waals surface area contributed by atoms with Gasteiger partial charge in [0, 0.05) is 32.5 Å². The van der Waals surface area contributed by atoms with E-state index in [0.29, 0.717) is 25.9 Å². The van der Waals surface area contributed by atoms with Crippen LogP contribution in [-0.2, 0) is 14.4 Å². The Morgan fingerprint density at radius 2 is 1.95 bits per heavy atom. The number of carboxylic acid groups (broad SMARTS) is 1. The van der Waals surface area contributed by atoms with Crippen molar-refractivity contribution >= 4 is 17.8 Å². The molecule has 1 heterocycles. The Balaban J connectivity index is 2.59. The standard InChI is InChI=1S/C15H26N2O4/c1-3-4-7-14(19)16-9-5-6-13(8-10-16)17(12(2)18)11-15(20)21/h13H,3-11H2,1-2H3,(H,20,21). The largest absolute Gasteiger partial charge is 0.480 e. The quantitative estimate of drug-likeness (QED) is 0.806. The molecule has 120 valence electrons. The molecule has 1 atom stereocenters. The number of carboxylic acids is 1. The van der Waals surface area contributed by atoms with E-state index in [9.17, 15) is 14.4 Å². The van der Waals surface area contributed by atoms with E-state index in [1.54, 1.807) is 0 Å². The van der Waals surface area contributed by atoms with E-state index in [-0.39, 0.29) is 24.4 Å². The maximum atomic E-state index is 12.0. The van der Waals surface area contributed by atoms with E-state index in [4.69, 9.17) is 5.11 Å². The van der Waals surface area contributed by atoms with Gasteiger partial charge in [0.05, 0.1) is 0 Å². The molecule has 0 saturated carbocycles. The molecule has 1 aliphatic rings. The number of carbonyl (C=O) groups excluding carboxylic acids is 2. The third-order valence-electron chi connectivity index (χ3n) is 3.95. The van der Waals surface area contributed by atoms with E-state index in [1.165, 1.54) is 11.8 Å². The topological polar surface area (TPSA) is 77.9 Å². The fourth-order valence-electron chi connectivity index (χ4n) is 2.77. The molecule has 0 bridgehead atoms. The minimum absolute atomic E-state index is 0.0809. The maximum Gasteiger partial charge on any atom is 0.323 e. The predicted molar refractivity (Wildman–Crippen MR) is 78.8 cm³/mol. The molecular weight excluding hydrogens is 272 g/mol. The number of rotatable bonds is 6. The molecular formula is C15H26N2O4. The van der Waals surface area contributed by atoms with Crippen LogP contribution in [0.15, 0.2) is 0 Å². The van der Waals surface area contributed by atoms with Crippen molar-refractivity contribution in [2.45, 2.75) is 58.4 Å². The van der Waals surface area contributed by atoms with Crippen LogP contribution in [0.2, 0.25) is 0 Å². The highest BCUT2D eigenvalue weighted by atomic mass is 16.4. The lowest BCUT2D eigenvalue weighted by Gasteiger charge is -2.28. The Kier molecular flexibility index (Phi) is 7.19. The summed E-state index contributed by atoms with van der Waals surface area (Å²) in [7, 11) is 0. The van der Waals surface area contributed by atoms with Gasteiger partial charge in [0.2, 0.25) is 11.8 Å². The van der Waals surface area contributed by atoms with Gasteiger partial charge in [-0.15, -0.1) is 0 Å². The molecule has 0 radical (unpaired) electrons. The molecule has 0 aromatic rings. The highest BCUT2D eigenvalue weighted by Gasteiger charge is 2.27. The maximum absolute atomic E-state index is 12.0. The second-order valence-electron chi connectivity index (χ2n) is 5.61. The number of hydrogen-bond donors (Lipinski definition) is 1. The number of likely N-dealkylation sites (tertiary alicyclic amines) is 1. The van der Waals surface area contributed by atoms with Crippen molar-refractivity contribution < 1.29 is 19.5 Å². The molecule has 0 aromatic heterocycles. The highest BCUT2D eigenvalue weighted by molar-refractivity contribution is 5.80. The van der Waals surface area contributed by atoms with Gasteiger partial charge in [-0.05, 0) is 25.7 Å². The van der Waals surface area contributed by atoms with Gasteiger partial charge >= 0.3 is 5.97 Å². The molecule has 1 unspecified atom stereocenters. The van der Waals surface area contributed by atoms with Gasteiger partial charge in [-0.3, -0.25) is 14.4 Å². The molecule has 1 N–H and O–H groups in total. The van der Waals surface area contributed by atoms with E-state index in [1.807, 2.05) is 4.90 Å². The third-order valence-corrected chi connectivity index (χ3v) is 3.95. The lowest BCUT2D eigenvalue weighted by atomic mass is 10.1. The molecule has 1 fully saturated rings. The molecule has 1 saturated heterocycles. The van der Waals surface area contributed by atoms with Crippen LogP contribution in [0.1, 0.15) is 52.4 Å². The molecule has 2 amide bonds.